The molecule has 10 heteroatoms. The summed E-state index contributed by atoms with van der Waals surface area (Å²) >= 11 is 6.09. The Hall–Kier alpha value is -2.94. The number of likely N-dealkylation sites (N-methyl/N-ethyl adjacent to an activating group) is 1. The van der Waals surface area contributed by atoms with Crippen LogP contribution in [-0.2, 0) is 0 Å². The van der Waals surface area contributed by atoms with Crippen molar-refractivity contribution in [2.24, 2.45) is 0 Å². The summed E-state index contributed by atoms with van der Waals surface area (Å²) in [4.78, 5) is 18.4. The van der Waals surface area contributed by atoms with Crippen LogP contribution in [0.1, 0.15) is 22.0 Å². The Kier molecular flexibility index (Phi) is 4.76. The monoisotopic (exact) mass is 408 g/mol. The third-order valence-electron chi connectivity index (χ3n) is 4.42. The van der Waals surface area contributed by atoms with E-state index >= 15 is 0 Å². The van der Waals surface area contributed by atoms with Crippen molar-refractivity contribution < 1.29 is 23.0 Å². The highest BCUT2D eigenvalue weighted by Gasteiger charge is 2.26. The van der Waals surface area contributed by atoms with Gasteiger partial charge in [-0.3, -0.25) is 4.79 Å². The summed E-state index contributed by atoms with van der Waals surface area (Å²) in [5.41, 5.74) is 0.580. The van der Waals surface area contributed by atoms with E-state index in [-0.39, 0.29) is 52.5 Å². The number of carbonyl (C=O) groups excluding carboxylic acids is 1. The predicted octanol–water partition coefficient (Wildman–Crippen LogP) is 3.08. The first kappa shape index (κ1) is 18.4. The third kappa shape index (κ3) is 3.11. The number of nitrogens with zero attached hydrogens (tertiary/aromatic N) is 4. The number of rotatable bonds is 1. The summed E-state index contributed by atoms with van der Waals surface area (Å²) in [6, 6.07) is 3.95. The first-order chi connectivity index (χ1) is 13.5. The average Bonchev–Trinajstić information content (AvgIpc) is 3.11. The number of halogens is 3. The molecule has 1 atom stereocenters. The Morgan fingerprint density at radius 3 is 2.96 bits per heavy atom. The van der Waals surface area contributed by atoms with Gasteiger partial charge in [0.1, 0.15) is 30.4 Å². The van der Waals surface area contributed by atoms with E-state index < -0.39 is 18.6 Å². The maximum Gasteiger partial charge on any atom is 0.259 e. The molecule has 2 aromatic heterocycles. The molecule has 28 heavy (non-hydrogen) atoms. The Labute approximate surface area is 163 Å². The molecule has 2 bridgehead atoms. The normalized spacial score (nSPS) is 17.4. The highest BCUT2D eigenvalue weighted by Crippen LogP contribution is 2.37. The molecule has 1 aromatic carbocycles. The average molecular weight is 409 g/mol. The topological polar surface area (TPSA) is 69.0 Å². The number of aromatic nitrogens is 3. The van der Waals surface area contributed by atoms with Gasteiger partial charge in [0.15, 0.2) is 11.8 Å². The van der Waals surface area contributed by atoms with Crippen molar-refractivity contribution in [1.29, 1.82) is 0 Å². The van der Waals surface area contributed by atoms with E-state index in [1.54, 1.807) is 7.05 Å². The smallest absolute Gasteiger partial charge is 0.259 e. The van der Waals surface area contributed by atoms with Crippen LogP contribution in [-0.4, -0.2) is 52.3 Å². The van der Waals surface area contributed by atoms with Gasteiger partial charge in [0.25, 0.3) is 5.91 Å². The fourth-order valence-electron chi connectivity index (χ4n) is 2.96. The van der Waals surface area contributed by atoms with Crippen LogP contribution in [0.4, 0.5) is 8.78 Å². The maximum atomic E-state index is 14.0. The third-order valence-corrected chi connectivity index (χ3v) is 4.81. The van der Waals surface area contributed by atoms with Crippen molar-refractivity contribution >= 4 is 23.2 Å². The molecule has 0 N–H and O–H groups in total. The minimum absolute atomic E-state index is 0.0397. The lowest BCUT2D eigenvalue weighted by Crippen LogP contribution is -2.31. The Morgan fingerprint density at radius 2 is 2.18 bits per heavy atom. The van der Waals surface area contributed by atoms with Crippen LogP contribution < -0.4 is 9.47 Å². The van der Waals surface area contributed by atoms with Crippen LogP contribution in [0, 0.1) is 5.82 Å². The highest BCUT2D eigenvalue weighted by molar-refractivity contribution is 6.31. The molecule has 0 saturated carbocycles. The molecule has 1 aliphatic rings. The lowest BCUT2D eigenvalue weighted by molar-refractivity contribution is 0.0774. The van der Waals surface area contributed by atoms with Crippen molar-refractivity contribution in [2.75, 3.05) is 26.9 Å². The highest BCUT2D eigenvalue weighted by atomic mass is 35.5. The molecule has 0 unspecified atom stereocenters. The van der Waals surface area contributed by atoms with Gasteiger partial charge in [0, 0.05) is 19.3 Å². The van der Waals surface area contributed by atoms with Crippen LogP contribution in [0.5, 0.6) is 11.6 Å². The number of hydrogen-bond donors (Lipinski definition) is 0. The summed E-state index contributed by atoms with van der Waals surface area (Å²) < 4.78 is 40.6. The predicted molar refractivity (Wildman–Crippen MR) is 96.2 cm³/mol. The molecule has 0 aliphatic carbocycles. The number of fused-ring (bicyclic) bond motifs is 2. The van der Waals surface area contributed by atoms with Crippen LogP contribution in [0.2, 0.25) is 5.02 Å². The quantitative estimate of drug-likeness (QED) is 0.619. The Bertz CT molecular complexity index is 1060. The number of carbonyl (C=O) groups is 1. The van der Waals surface area contributed by atoms with Gasteiger partial charge >= 0.3 is 0 Å². The zero-order chi connectivity index (χ0) is 19.8. The van der Waals surface area contributed by atoms with Crippen molar-refractivity contribution in [3.05, 3.63) is 52.6 Å². The standard InChI is InChI=1S/C18H15ClF2N4O3/c1-24-6-7-27-12-3-2-11(21)16(19)15(12)13(8-20)28-14-4-5-25-17(23-14)10(9-22-25)18(24)26/h2-5,9,13H,6-8H2,1H3/t13-/m1/s1. The second-order valence-electron chi connectivity index (χ2n) is 6.20. The summed E-state index contributed by atoms with van der Waals surface area (Å²) in [6.45, 7) is -0.672. The molecule has 3 heterocycles. The lowest BCUT2D eigenvalue weighted by atomic mass is 10.1. The van der Waals surface area contributed by atoms with Gasteiger partial charge in [0.05, 0.1) is 23.3 Å². The van der Waals surface area contributed by atoms with Crippen LogP contribution >= 0.6 is 11.6 Å². The van der Waals surface area contributed by atoms with Crippen molar-refractivity contribution in [3.63, 3.8) is 0 Å². The van der Waals surface area contributed by atoms with Crippen molar-refractivity contribution in [3.8, 4) is 11.6 Å². The SMILES string of the molecule is CN1CCOc2ccc(F)c(Cl)c2[C@@H](CF)Oc2ccn3ncc(c3n2)C1=O. The molecule has 1 aliphatic heterocycles. The van der Waals surface area contributed by atoms with Crippen LogP contribution in [0.3, 0.4) is 0 Å². The van der Waals surface area contributed by atoms with Gasteiger partial charge in [0.2, 0.25) is 5.88 Å². The Balaban J connectivity index is 1.87. The van der Waals surface area contributed by atoms with Gasteiger partial charge in [-0.05, 0) is 12.1 Å². The summed E-state index contributed by atoms with van der Waals surface area (Å²) in [7, 11) is 1.61. The number of ether oxygens (including phenoxy) is 2. The zero-order valence-electron chi connectivity index (χ0n) is 14.7. The molecule has 4 rings (SSSR count). The lowest BCUT2D eigenvalue weighted by Gasteiger charge is -2.21. The fourth-order valence-corrected chi connectivity index (χ4v) is 3.23. The van der Waals surface area contributed by atoms with Crippen LogP contribution in [0.15, 0.2) is 30.6 Å². The van der Waals surface area contributed by atoms with E-state index in [1.807, 2.05) is 0 Å². The summed E-state index contributed by atoms with van der Waals surface area (Å²) in [6.07, 6.45) is 1.70. The van der Waals surface area contributed by atoms with Crippen LogP contribution in [0.25, 0.3) is 5.65 Å². The van der Waals surface area contributed by atoms with E-state index in [2.05, 4.69) is 10.1 Å². The molecule has 146 valence electrons. The van der Waals surface area contributed by atoms with E-state index in [0.29, 0.717) is 0 Å². The van der Waals surface area contributed by atoms with E-state index in [0.717, 1.165) is 6.07 Å². The Morgan fingerprint density at radius 1 is 1.36 bits per heavy atom. The van der Waals surface area contributed by atoms with Crippen molar-refractivity contribution in [2.45, 2.75) is 6.10 Å². The molecule has 0 fully saturated rings. The molecule has 0 saturated heterocycles. The van der Waals surface area contributed by atoms with Gasteiger partial charge < -0.3 is 14.4 Å². The largest absolute Gasteiger partial charge is 0.491 e. The fraction of sp³-hybridized carbons (Fsp3) is 0.278. The van der Waals surface area contributed by atoms with E-state index in [9.17, 15) is 13.6 Å². The van der Waals surface area contributed by atoms with E-state index in [4.69, 9.17) is 21.1 Å². The van der Waals surface area contributed by atoms with Gasteiger partial charge in [-0.2, -0.15) is 10.1 Å². The van der Waals surface area contributed by atoms with Gasteiger partial charge in [-0.1, -0.05) is 11.6 Å². The molecule has 3 aromatic rings. The first-order valence-corrected chi connectivity index (χ1v) is 8.80. The number of alkyl halides is 1. The minimum Gasteiger partial charge on any atom is -0.491 e. The number of benzene rings is 1. The molecular weight excluding hydrogens is 394 g/mol. The second-order valence-corrected chi connectivity index (χ2v) is 6.58. The first-order valence-electron chi connectivity index (χ1n) is 8.42. The molecule has 0 radical (unpaired) electrons. The molecule has 0 spiro atoms. The van der Waals surface area contributed by atoms with Crippen molar-refractivity contribution in [1.82, 2.24) is 19.5 Å². The minimum atomic E-state index is -1.24. The maximum absolute atomic E-state index is 14.0. The number of hydrogen-bond acceptors (Lipinski definition) is 5. The van der Waals surface area contributed by atoms with Gasteiger partial charge in [-0.25, -0.2) is 13.3 Å². The van der Waals surface area contributed by atoms with Gasteiger partial charge in [-0.15, -0.1) is 0 Å². The molecule has 1 amide bonds. The second kappa shape index (κ2) is 7.23. The zero-order valence-corrected chi connectivity index (χ0v) is 15.5. The summed E-state index contributed by atoms with van der Waals surface area (Å²) in [5.74, 6) is -0.804. The number of amides is 1. The summed E-state index contributed by atoms with van der Waals surface area (Å²) in [5, 5.41) is 3.81. The molecule has 7 nitrogen and oxygen atoms in total. The van der Waals surface area contributed by atoms with E-state index in [1.165, 1.54) is 33.9 Å². The molecular formula is C18H15ClF2N4O3.